The molecule has 31 heavy (non-hydrogen) atoms. The van der Waals surface area contributed by atoms with Crippen LogP contribution in [0.15, 0.2) is 29.3 Å². The number of likely N-dealkylation sites (tertiary alicyclic amines) is 1. The Labute approximate surface area is 200 Å². The lowest BCUT2D eigenvalue weighted by atomic mass is 9.88. The molecule has 1 aliphatic carbocycles. The lowest BCUT2D eigenvalue weighted by Crippen LogP contribution is -2.47. The Morgan fingerprint density at radius 2 is 1.81 bits per heavy atom. The Morgan fingerprint density at radius 1 is 1.10 bits per heavy atom. The summed E-state index contributed by atoms with van der Waals surface area (Å²) in [5, 5.41) is 9.20. The molecule has 7 nitrogen and oxygen atoms in total. The zero-order valence-corrected chi connectivity index (χ0v) is 20.4. The zero-order chi connectivity index (χ0) is 21.3. The van der Waals surface area contributed by atoms with E-state index in [2.05, 4.69) is 20.9 Å². The lowest BCUT2D eigenvalue weighted by Gasteiger charge is -2.26. The van der Waals surface area contributed by atoms with Crippen molar-refractivity contribution in [3.05, 3.63) is 35.6 Å². The number of carbonyl (C=O) groups is 2. The third-order valence-corrected chi connectivity index (χ3v) is 5.84. The number of carbonyl (C=O) groups excluding carboxylic acids is 2. The second-order valence-electron chi connectivity index (χ2n) is 7.98. The molecular weight excluding hydrogens is 512 g/mol. The predicted octanol–water partition coefficient (Wildman–Crippen LogP) is 2.52. The Morgan fingerprint density at radius 3 is 2.52 bits per heavy atom. The molecule has 0 radical (unpaired) electrons. The minimum absolute atomic E-state index is 0. The fraction of sp³-hybridized carbons (Fsp3) is 0.591. The predicted molar refractivity (Wildman–Crippen MR) is 130 cm³/mol. The maximum atomic E-state index is 13.6. The van der Waals surface area contributed by atoms with E-state index in [1.165, 1.54) is 18.6 Å². The van der Waals surface area contributed by atoms with Crippen molar-refractivity contribution in [1.29, 1.82) is 0 Å². The van der Waals surface area contributed by atoms with E-state index < -0.39 is 11.7 Å². The number of nitrogens with zero attached hydrogens (tertiary/aromatic N) is 2. The van der Waals surface area contributed by atoms with Gasteiger partial charge in [0.1, 0.15) is 5.82 Å². The summed E-state index contributed by atoms with van der Waals surface area (Å²) in [5.41, 5.74) is 0.0358. The minimum Gasteiger partial charge on any atom is -0.355 e. The van der Waals surface area contributed by atoms with Gasteiger partial charge in [-0.05, 0) is 31.4 Å². The van der Waals surface area contributed by atoms with Crippen LogP contribution in [0.5, 0.6) is 0 Å². The molecule has 9 heteroatoms. The number of benzene rings is 1. The van der Waals surface area contributed by atoms with Gasteiger partial charge in [-0.25, -0.2) is 4.39 Å². The van der Waals surface area contributed by atoms with Crippen molar-refractivity contribution in [3.63, 3.8) is 0 Å². The molecule has 172 valence electrons. The quantitative estimate of drug-likeness (QED) is 0.222. The van der Waals surface area contributed by atoms with Crippen molar-refractivity contribution in [1.82, 2.24) is 20.9 Å². The zero-order valence-electron chi connectivity index (χ0n) is 18.0. The van der Waals surface area contributed by atoms with E-state index in [9.17, 15) is 14.0 Å². The van der Waals surface area contributed by atoms with Crippen LogP contribution in [0.2, 0.25) is 0 Å². The largest absolute Gasteiger partial charge is 0.355 e. The number of guanidine groups is 1. The van der Waals surface area contributed by atoms with E-state index >= 15 is 0 Å². The standard InChI is InChI=1S/C22H32FN5O2.HI/c1-24-22(26-13-12-25-20(29)18-9-5-6-10-19(18)23)27-17-11-14-28(15-17)21(30)16-7-3-2-4-8-16;/h5-6,9-10,16-17H,2-4,7-8,11-15H2,1H3,(H,25,29)(H2,24,26,27);1H. The average molecular weight is 545 g/mol. The minimum atomic E-state index is -0.533. The summed E-state index contributed by atoms with van der Waals surface area (Å²) in [6.45, 7) is 2.27. The van der Waals surface area contributed by atoms with Crippen molar-refractivity contribution < 1.29 is 14.0 Å². The van der Waals surface area contributed by atoms with Crippen LogP contribution < -0.4 is 16.0 Å². The molecule has 1 atom stereocenters. The monoisotopic (exact) mass is 545 g/mol. The second-order valence-corrected chi connectivity index (χ2v) is 7.98. The smallest absolute Gasteiger partial charge is 0.254 e. The molecule has 3 rings (SSSR count). The summed E-state index contributed by atoms with van der Waals surface area (Å²) < 4.78 is 13.6. The van der Waals surface area contributed by atoms with Crippen LogP contribution in [0.25, 0.3) is 0 Å². The first-order chi connectivity index (χ1) is 14.6. The van der Waals surface area contributed by atoms with Crippen molar-refractivity contribution in [2.75, 3.05) is 33.2 Å². The van der Waals surface area contributed by atoms with Gasteiger partial charge in [-0.15, -0.1) is 24.0 Å². The van der Waals surface area contributed by atoms with Gasteiger partial charge >= 0.3 is 0 Å². The third-order valence-electron chi connectivity index (χ3n) is 5.84. The van der Waals surface area contributed by atoms with E-state index in [1.807, 2.05) is 4.90 Å². The molecule has 1 aromatic carbocycles. The number of aliphatic imine (C=N–C) groups is 1. The van der Waals surface area contributed by atoms with Crippen LogP contribution in [0.3, 0.4) is 0 Å². The maximum absolute atomic E-state index is 13.6. The van der Waals surface area contributed by atoms with Crippen molar-refractivity contribution in [3.8, 4) is 0 Å². The van der Waals surface area contributed by atoms with Gasteiger partial charge in [-0.2, -0.15) is 0 Å². The van der Waals surface area contributed by atoms with Crippen molar-refractivity contribution in [2.24, 2.45) is 10.9 Å². The first-order valence-corrected chi connectivity index (χ1v) is 10.9. The summed E-state index contributed by atoms with van der Waals surface area (Å²) in [7, 11) is 1.69. The average Bonchev–Trinajstić information content (AvgIpc) is 3.24. The summed E-state index contributed by atoms with van der Waals surface area (Å²) in [4.78, 5) is 30.9. The number of halogens is 2. The van der Waals surface area contributed by atoms with Gasteiger partial charge in [0.05, 0.1) is 5.56 Å². The Kier molecular flexibility index (Phi) is 10.5. The summed E-state index contributed by atoms with van der Waals surface area (Å²) >= 11 is 0. The SMILES string of the molecule is CN=C(NCCNC(=O)c1ccccc1F)NC1CCN(C(=O)C2CCCCC2)C1.I. The van der Waals surface area contributed by atoms with Crippen LogP contribution in [0.1, 0.15) is 48.9 Å². The van der Waals surface area contributed by atoms with Gasteiger partial charge in [0, 0.05) is 45.2 Å². The highest BCUT2D eigenvalue weighted by atomic mass is 127. The van der Waals surface area contributed by atoms with Gasteiger partial charge in [-0.3, -0.25) is 14.6 Å². The Balaban J connectivity index is 0.00000341. The lowest BCUT2D eigenvalue weighted by molar-refractivity contribution is -0.135. The van der Waals surface area contributed by atoms with E-state index in [1.54, 1.807) is 19.2 Å². The van der Waals surface area contributed by atoms with E-state index in [0.717, 1.165) is 38.6 Å². The number of rotatable bonds is 6. The molecule has 0 aromatic heterocycles. The summed E-state index contributed by atoms with van der Waals surface area (Å²) in [5.74, 6) is 0.164. The van der Waals surface area contributed by atoms with Crippen LogP contribution >= 0.6 is 24.0 Å². The Hall–Kier alpha value is -1.91. The maximum Gasteiger partial charge on any atom is 0.254 e. The number of hydrogen-bond donors (Lipinski definition) is 3. The highest BCUT2D eigenvalue weighted by Crippen LogP contribution is 2.26. The molecule has 2 aliphatic rings. The van der Waals surface area contributed by atoms with Crippen molar-refractivity contribution in [2.45, 2.75) is 44.6 Å². The van der Waals surface area contributed by atoms with Crippen LogP contribution in [-0.4, -0.2) is 61.9 Å². The molecule has 0 bridgehead atoms. The highest BCUT2D eigenvalue weighted by Gasteiger charge is 2.31. The van der Waals surface area contributed by atoms with E-state index in [4.69, 9.17) is 0 Å². The van der Waals surface area contributed by atoms with E-state index in [0.29, 0.717) is 31.5 Å². The fourth-order valence-electron chi connectivity index (χ4n) is 4.17. The molecule has 1 unspecified atom stereocenters. The third kappa shape index (κ3) is 7.33. The molecule has 1 aliphatic heterocycles. The highest BCUT2D eigenvalue weighted by molar-refractivity contribution is 14.0. The second kappa shape index (κ2) is 12.8. The first-order valence-electron chi connectivity index (χ1n) is 10.9. The summed E-state index contributed by atoms with van der Waals surface area (Å²) in [6.07, 6.45) is 6.51. The molecule has 1 saturated heterocycles. The van der Waals surface area contributed by atoms with Gasteiger partial charge < -0.3 is 20.9 Å². The molecule has 1 heterocycles. The number of hydrogen-bond acceptors (Lipinski definition) is 3. The fourth-order valence-corrected chi connectivity index (χ4v) is 4.17. The van der Waals surface area contributed by atoms with Crippen LogP contribution in [-0.2, 0) is 4.79 Å². The van der Waals surface area contributed by atoms with E-state index in [-0.39, 0.29) is 41.5 Å². The Bertz CT molecular complexity index is 770. The molecule has 1 aromatic rings. The molecule has 0 spiro atoms. The normalized spacial score (nSPS) is 19.5. The molecule has 2 amide bonds. The number of nitrogens with one attached hydrogen (secondary N) is 3. The van der Waals surface area contributed by atoms with Gasteiger partial charge in [0.25, 0.3) is 5.91 Å². The first kappa shape index (κ1) is 25.4. The molecule has 3 N–H and O–H groups in total. The summed E-state index contributed by atoms with van der Waals surface area (Å²) in [6, 6.07) is 6.07. The van der Waals surface area contributed by atoms with Gasteiger partial charge in [-0.1, -0.05) is 31.4 Å². The number of amides is 2. The van der Waals surface area contributed by atoms with Gasteiger partial charge in [0.15, 0.2) is 5.96 Å². The molecular formula is C22H33FIN5O2. The van der Waals surface area contributed by atoms with Crippen LogP contribution in [0.4, 0.5) is 4.39 Å². The van der Waals surface area contributed by atoms with Crippen molar-refractivity contribution >= 4 is 41.8 Å². The molecule has 1 saturated carbocycles. The topological polar surface area (TPSA) is 85.8 Å². The van der Waals surface area contributed by atoms with Crippen LogP contribution in [0, 0.1) is 11.7 Å². The van der Waals surface area contributed by atoms with Gasteiger partial charge in [0.2, 0.25) is 5.91 Å². The molecule has 2 fully saturated rings.